The molecule has 0 aliphatic carbocycles. The maximum absolute atomic E-state index is 12.9. The van der Waals surface area contributed by atoms with Crippen molar-refractivity contribution >= 4 is 17.5 Å². The van der Waals surface area contributed by atoms with Crippen LogP contribution in [0.1, 0.15) is 30.9 Å². The zero-order chi connectivity index (χ0) is 18.4. The van der Waals surface area contributed by atoms with E-state index in [4.69, 9.17) is 11.6 Å². The summed E-state index contributed by atoms with van der Waals surface area (Å²) < 4.78 is 0. The summed E-state index contributed by atoms with van der Waals surface area (Å²) in [5.41, 5.74) is 2.47. The highest BCUT2D eigenvalue weighted by Crippen LogP contribution is 2.22. The Labute approximate surface area is 161 Å². The topological polar surface area (TPSA) is 23.6 Å². The summed E-state index contributed by atoms with van der Waals surface area (Å²) in [6, 6.07) is 18.3. The maximum atomic E-state index is 12.9. The van der Waals surface area contributed by atoms with Crippen molar-refractivity contribution in [1.82, 2.24) is 9.80 Å². The van der Waals surface area contributed by atoms with Gasteiger partial charge >= 0.3 is 0 Å². The molecule has 0 unspecified atom stereocenters. The number of halogens is 1. The lowest BCUT2D eigenvalue weighted by atomic mass is 9.94. The molecule has 0 N–H and O–H groups in total. The fourth-order valence-electron chi connectivity index (χ4n) is 3.59. The molecule has 2 aromatic rings. The van der Waals surface area contributed by atoms with E-state index in [1.165, 1.54) is 11.1 Å². The van der Waals surface area contributed by atoms with E-state index in [1.807, 2.05) is 35.2 Å². The highest BCUT2D eigenvalue weighted by Gasteiger charge is 2.28. The van der Waals surface area contributed by atoms with Crippen LogP contribution in [0.5, 0.6) is 0 Å². The van der Waals surface area contributed by atoms with Gasteiger partial charge in [0.2, 0.25) is 5.91 Å². The van der Waals surface area contributed by atoms with Crippen molar-refractivity contribution in [1.29, 1.82) is 0 Å². The summed E-state index contributed by atoms with van der Waals surface area (Å²) in [6.45, 7) is 6.42. The Morgan fingerprint density at radius 1 is 1.04 bits per heavy atom. The van der Waals surface area contributed by atoms with E-state index in [9.17, 15) is 4.79 Å². The van der Waals surface area contributed by atoms with Gasteiger partial charge in [-0.2, -0.15) is 0 Å². The molecule has 4 heteroatoms. The van der Waals surface area contributed by atoms with Gasteiger partial charge in [0, 0.05) is 30.6 Å². The molecule has 3 rings (SSSR count). The van der Waals surface area contributed by atoms with Crippen molar-refractivity contribution in [2.24, 2.45) is 5.92 Å². The van der Waals surface area contributed by atoms with Crippen LogP contribution in [0.15, 0.2) is 54.6 Å². The SMILES string of the molecule is CCN(Cc1ccccc1)C(=O)C1CCN(Cc2ccc(Cl)cc2)CC1. The van der Waals surface area contributed by atoms with Crippen LogP contribution in [0.3, 0.4) is 0 Å². The number of rotatable bonds is 6. The highest BCUT2D eigenvalue weighted by molar-refractivity contribution is 6.30. The Morgan fingerprint density at radius 2 is 1.69 bits per heavy atom. The standard InChI is InChI=1S/C22H27ClN2O/c1-2-25(17-18-6-4-3-5-7-18)22(26)20-12-14-24(15-13-20)16-19-8-10-21(23)11-9-19/h3-11,20H,2,12-17H2,1H3. The monoisotopic (exact) mass is 370 g/mol. The second-order valence-corrected chi connectivity index (χ2v) is 7.45. The van der Waals surface area contributed by atoms with E-state index >= 15 is 0 Å². The predicted octanol–water partition coefficient (Wildman–Crippen LogP) is 4.60. The summed E-state index contributed by atoms with van der Waals surface area (Å²) in [7, 11) is 0. The summed E-state index contributed by atoms with van der Waals surface area (Å²) in [5, 5.41) is 0.774. The third-order valence-corrected chi connectivity index (χ3v) is 5.42. The Hall–Kier alpha value is -1.84. The minimum atomic E-state index is 0.153. The number of nitrogens with zero attached hydrogens (tertiary/aromatic N) is 2. The fourth-order valence-corrected chi connectivity index (χ4v) is 3.72. The van der Waals surface area contributed by atoms with Crippen molar-refractivity contribution in [3.05, 3.63) is 70.7 Å². The number of carbonyl (C=O) groups is 1. The zero-order valence-electron chi connectivity index (χ0n) is 15.4. The van der Waals surface area contributed by atoms with Gasteiger partial charge in [0.1, 0.15) is 0 Å². The average Bonchev–Trinajstić information content (AvgIpc) is 2.69. The zero-order valence-corrected chi connectivity index (χ0v) is 16.2. The average molecular weight is 371 g/mol. The van der Waals surface area contributed by atoms with E-state index in [2.05, 4.69) is 36.1 Å². The molecule has 0 bridgehead atoms. The number of piperidine rings is 1. The van der Waals surface area contributed by atoms with E-state index in [0.29, 0.717) is 12.5 Å². The molecule has 1 amide bonds. The second kappa shape index (κ2) is 9.20. The molecule has 1 aliphatic rings. The van der Waals surface area contributed by atoms with Gasteiger partial charge < -0.3 is 4.90 Å². The first kappa shape index (κ1) is 18.9. The molecule has 0 radical (unpaired) electrons. The van der Waals surface area contributed by atoms with Gasteiger partial charge in [-0.15, -0.1) is 0 Å². The fraction of sp³-hybridized carbons (Fsp3) is 0.409. The molecule has 2 aromatic carbocycles. The molecule has 3 nitrogen and oxygen atoms in total. The molecular weight excluding hydrogens is 344 g/mol. The third kappa shape index (κ3) is 5.09. The molecule has 138 valence electrons. The predicted molar refractivity (Wildman–Crippen MR) is 107 cm³/mol. The van der Waals surface area contributed by atoms with Gasteiger partial charge in [0.15, 0.2) is 0 Å². The number of hydrogen-bond donors (Lipinski definition) is 0. The van der Waals surface area contributed by atoms with Crippen LogP contribution in [-0.2, 0) is 17.9 Å². The molecule has 1 saturated heterocycles. The summed E-state index contributed by atoms with van der Waals surface area (Å²) in [4.78, 5) is 17.4. The van der Waals surface area contributed by atoms with Crippen LogP contribution in [0, 0.1) is 5.92 Å². The third-order valence-electron chi connectivity index (χ3n) is 5.17. The van der Waals surface area contributed by atoms with E-state index < -0.39 is 0 Å². The van der Waals surface area contributed by atoms with Crippen LogP contribution < -0.4 is 0 Å². The summed E-state index contributed by atoms with van der Waals surface area (Å²) in [5.74, 6) is 0.461. The van der Waals surface area contributed by atoms with Crippen LogP contribution in [0.25, 0.3) is 0 Å². The first-order chi connectivity index (χ1) is 12.7. The van der Waals surface area contributed by atoms with Crippen molar-refractivity contribution in [2.45, 2.75) is 32.9 Å². The lowest BCUT2D eigenvalue weighted by molar-refractivity contribution is -0.137. The maximum Gasteiger partial charge on any atom is 0.226 e. The Kier molecular flexibility index (Phi) is 6.70. The smallest absolute Gasteiger partial charge is 0.226 e. The number of hydrogen-bond acceptors (Lipinski definition) is 2. The van der Waals surface area contributed by atoms with Gasteiger partial charge in [-0.3, -0.25) is 9.69 Å². The number of carbonyl (C=O) groups excluding carboxylic acids is 1. The first-order valence-corrected chi connectivity index (χ1v) is 9.83. The van der Waals surface area contributed by atoms with Crippen molar-refractivity contribution in [3.8, 4) is 0 Å². The summed E-state index contributed by atoms with van der Waals surface area (Å²) >= 11 is 5.95. The van der Waals surface area contributed by atoms with Gasteiger partial charge in [0.25, 0.3) is 0 Å². The van der Waals surface area contributed by atoms with Crippen LogP contribution >= 0.6 is 11.6 Å². The quantitative estimate of drug-likeness (QED) is 0.741. The van der Waals surface area contributed by atoms with Crippen LogP contribution in [-0.4, -0.2) is 35.3 Å². The molecule has 0 aromatic heterocycles. The number of amides is 1. The molecule has 0 saturated carbocycles. The number of likely N-dealkylation sites (tertiary alicyclic amines) is 1. The molecule has 26 heavy (non-hydrogen) atoms. The van der Waals surface area contributed by atoms with Crippen molar-refractivity contribution < 1.29 is 4.79 Å². The normalized spacial score (nSPS) is 15.8. The summed E-state index contributed by atoms with van der Waals surface area (Å²) in [6.07, 6.45) is 1.88. The largest absolute Gasteiger partial charge is 0.338 e. The first-order valence-electron chi connectivity index (χ1n) is 9.45. The highest BCUT2D eigenvalue weighted by atomic mass is 35.5. The molecule has 1 heterocycles. The lowest BCUT2D eigenvalue weighted by Crippen LogP contribution is -2.42. The Balaban J connectivity index is 1.51. The van der Waals surface area contributed by atoms with Gasteiger partial charge in [0.05, 0.1) is 0 Å². The molecule has 1 aliphatic heterocycles. The van der Waals surface area contributed by atoms with Crippen molar-refractivity contribution in [2.75, 3.05) is 19.6 Å². The van der Waals surface area contributed by atoms with Gasteiger partial charge in [-0.05, 0) is 56.1 Å². The Bertz CT molecular complexity index is 694. The minimum absolute atomic E-state index is 0.153. The Morgan fingerprint density at radius 3 is 2.31 bits per heavy atom. The van der Waals surface area contributed by atoms with Gasteiger partial charge in [-0.25, -0.2) is 0 Å². The minimum Gasteiger partial charge on any atom is -0.338 e. The van der Waals surface area contributed by atoms with E-state index in [1.54, 1.807) is 0 Å². The van der Waals surface area contributed by atoms with Crippen molar-refractivity contribution in [3.63, 3.8) is 0 Å². The molecular formula is C22H27ClN2O. The molecule has 0 spiro atoms. The van der Waals surface area contributed by atoms with Crippen LogP contribution in [0.4, 0.5) is 0 Å². The second-order valence-electron chi connectivity index (χ2n) is 7.01. The molecule has 1 fully saturated rings. The number of benzene rings is 2. The van der Waals surface area contributed by atoms with Crippen LogP contribution in [0.2, 0.25) is 5.02 Å². The van der Waals surface area contributed by atoms with E-state index in [0.717, 1.165) is 44.0 Å². The van der Waals surface area contributed by atoms with Gasteiger partial charge in [-0.1, -0.05) is 54.1 Å². The lowest BCUT2D eigenvalue weighted by Gasteiger charge is -2.34. The molecule has 0 atom stereocenters. The van der Waals surface area contributed by atoms with E-state index in [-0.39, 0.29) is 5.92 Å².